The van der Waals surface area contributed by atoms with Gasteiger partial charge in [-0.05, 0) is 6.92 Å². The highest BCUT2D eigenvalue weighted by Gasteiger charge is 1.95. The molecule has 1 N–H and O–H groups in total. The van der Waals surface area contributed by atoms with Crippen LogP contribution in [0.4, 0.5) is 0 Å². The van der Waals surface area contributed by atoms with Crippen LogP contribution >= 0.6 is 0 Å². The summed E-state index contributed by atoms with van der Waals surface area (Å²) in [5, 5.41) is 12.6. The van der Waals surface area contributed by atoms with E-state index in [9.17, 15) is 0 Å². The highest BCUT2D eigenvalue weighted by molar-refractivity contribution is 4.57. The van der Waals surface area contributed by atoms with Gasteiger partial charge in [0.1, 0.15) is 12.7 Å². The summed E-state index contributed by atoms with van der Waals surface area (Å²) in [5.74, 6) is 0. The SMILES string of the molecule is C[C@@H](O)Cn1cncn1. The van der Waals surface area contributed by atoms with E-state index in [1.54, 1.807) is 17.9 Å². The minimum absolute atomic E-state index is 0.355. The third kappa shape index (κ3) is 1.81. The number of aromatic nitrogens is 3. The predicted molar refractivity (Wildman–Crippen MR) is 31.7 cm³/mol. The standard InChI is InChI=1S/C5H9N3O/c1-5(9)2-8-4-6-3-7-8/h3-5,9H,2H2,1H3/t5-/m1/s1. The third-order valence-corrected chi connectivity index (χ3v) is 0.918. The number of rotatable bonds is 2. The average molecular weight is 127 g/mol. The van der Waals surface area contributed by atoms with E-state index in [-0.39, 0.29) is 6.10 Å². The van der Waals surface area contributed by atoms with Gasteiger partial charge < -0.3 is 5.11 Å². The van der Waals surface area contributed by atoms with Crippen LogP contribution in [0.5, 0.6) is 0 Å². The van der Waals surface area contributed by atoms with Gasteiger partial charge in [-0.15, -0.1) is 0 Å². The maximum absolute atomic E-state index is 8.84. The molecule has 0 spiro atoms. The molecule has 0 unspecified atom stereocenters. The van der Waals surface area contributed by atoms with Crippen molar-refractivity contribution >= 4 is 0 Å². The van der Waals surface area contributed by atoms with Crippen LogP contribution in [-0.4, -0.2) is 26.0 Å². The van der Waals surface area contributed by atoms with Crippen LogP contribution in [0.3, 0.4) is 0 Å². The summed E-state index contributed by atoms with van der Waals surface area (Å²) < 4.78 is 1.59. The Morgan fingerprint density at radius 1 is 1.78 bits per heavy atom. The van der Waals surface area contributed by atoms with E-state index in [1.807, 2.05) is 0 Å². The van der Waals surface area contributed by atoms with Gasteiger partial charge in [0.25, 0.3) is 0 Å². The second-order valence-corrected chi connectivity index (χ2v) is 1.97. The van der Waals surface area contributed by atoms with Crippen molar-refractivity contribution in [3.05, 3.63) is 12.7 Å². The lowest BCUT2D eigenvalue weighted by Gasteiger charge is -2.00. The Kier molecular flexibility index (Phi) is 1.79. The Morgan fingerprint density at radius 2 is 2.56 bits per heavy atom. The molecule has 1 atom stereocenters. The van der Waals surface area contributed by atoms with Crippen LogP contribution in [-0.2, 0) is 6.54 Å². The van der Waals surface area contributed by atoms with Crippen LogP contribution in [0.15, 0.2) is 12.7 Å². The van der Waals surface area contributed by atoms with Gasteiger partial charge in [0, 0.05) is 0 Å². The topological polar surface area (TPSA) is 50.9 Å². The summed E-state index contributed by atoms with van der Waals surface area (Å²) in [6.07, 6.45) is 2.67. The van der Waals surface area contributed by atoms with Crippen molar-refractivity contribution in [3.63, 3.8) is 0 Å². The first-order chi connectivity index (χ1) is 4.29. The molecule has 0 aromatic carbocycles. The van der Waals surface area contributed by atoms with Crippen molar-refractivity contribution in [3.8, 4) is 0 Å². The van der Waals surface area contributed by atoms with E-state index in [2.05, 4.69) is 10.1 Å². The zero-order valence-corrected chi connectivity index (χ0v) is 5.23. The van der Waals surface area contributed by atoms with Crippen LogP contribution in [0.25, 0.3) is 0 Å². The van der Waals surface area contributed by atoms with Crippen LogP contribution in [0, 0.1) is 0 Å². The van der Waals surface area contributed by atoms with E-state index in [1.165, 1.54) is 6.33 Å². The summed E-state index contributed by atoms with van der Waals surface area (Å²) in [4.78, 5) is 3.72. The lowest BCUT2D eigenvalue weighted by Crippen LogP contribution is -2.11. The molecular weight excluding hydrogens is 118 g/mol. The van der Waals surface area contributed by atoms with E-state index >= 15 is 0 Å². The summed E-state index contributed by atoms with van der Waals surface area (Å²) in [6, 6.07) is 0. The zero-order chi connectivity index (χ0) is 6.69. The molecule has 0 radical (unpaired) electrons. The van der Waals surface area contributed by atoms with Gasteiger partial charge in [0.2, 0.25) is 0 Å². The molecule has 4 heteroatoms. The molecule has 0 amide bonds. The summed E-state index contributed by atoms with van der Waals surface area (Å²) in [5.41, 5.74) is 0. The number of hydrogen-bond acceptors (Lipinski definition) is 3. The van der Waals surface area contributed by atoms with Crippen molar-refractivity contribution in [1.29, 1.82) is 0 Å². The molecule has 50 valence electrons. The Morgan fingerprint density at radius 3 is 3.00 bits per heavy atom. The molecule has 1 aromatic heterocycles. The molecule has 0 aliphatic heterocycles. The normalized spacial score (nSPS) is 13.6. The maximum atomic E-state index is 8.84. The highest BCUT2D eigenvalue weighted by atomic mass is 16.3. The Balaban J connectivity index is 2.48. The summed E-state index contributed by atoms with van der Waals surface area (Å²) in [6.45, 7) is 2.22. The van der Waals surface area contributed by atoms with E-state index in [4.69, 9.17) is 5.11 Å². The van der Waals surface area contributed by atoms with E-state index in [0.717, 1.165) is 0 Å². The smallest absolute Gasteiger partial charge is 0.137 e. The quantitative estimate of drug-likeness (QED) is 0.591. The fraction of sp³-hybridized carbons (Fsp3) is 0.600. The lowest BCUT2D eigenvalue weighted by molar-refractivity contribution is 0.168. The summed E-state index contributed by atoms with van der Waals surface area (Å²) >= 11 is 0. The number of nitrogens with zero attached hydrogens (tertiary/aromatic N) is 3. The lowest BCUT2D eigenvalue weighted by atomic mass is 10.4. The molecule has 1 aromatic rings. The molecule has 4 nitrogen and oxygen atoms in total. The molecule has 0 bridgehead atoms. The number of hydrogen-bond donors (Lipinski definition) is 1. The van der Waals surface area contributed by atoms with Gasteiger partial charge in [0.05, 0.1) is 12.6 Å². The first-order valence-corrected chi connectivity index (χ1v) is 2.79. The molecular formula is C5H9N3O. The van der Waals surface area contributed by atoms with Crippen LogP contribution in [0.2, 0.25) is 0 Å². The van der Waals surface area contributed by atoms with Crippen molar-refractivity contribution in [1.82, 2.24) is 14.8 Å². The maximum Gasteiger partial charge on any atom is 0.137 e. The van der Waals surface area contributed by atoms with Gasteiger partial charge in [0.15, 0.2) is 0 Å². The Bertz CT molecular complexity index is 159. The predicted octanol–water partition coefficient (Wildman–Crippen LogP) is -0.341. The first-order valence-electron chi connectivity index (χ1n) is 2.79. The largest absolute Gasteiger partial charge is 0.391 e. The van der Waals surface area contributed by atoms with Crippen LogP contribution < -0.4 is 0 Å². The molecule has 1 rings (SSSR count). The third-order valence-electron chi connectivity index (χ3n) is 0.918. The second kappa shape index (κ2) is 2.59. The van der Waals surface area contributed by atoms with Crippen molar-refractivity contribution in [2.45, 2.75) is 19.6 Å². The minimum atomic E-state index is -0.355. The fourth-order valence-electron chi connectivity index (χ4n) is 0.598. The monoisotopic (exact) mass is 127 g/mol. The molecule has 0 aliphatic carbocycles. The Hall–Kier alpha value is -0.900. The van der Waals surface area contributed by atoms with Gasteiger partial charge in [-0.1, -0.05) is 0 Å². The van der Waals surface area contributed by atoms with Gasteiger partial charge in [-0.25, -0.2) is 4.98 Å². The van der Waals surface area contributed by atoms with Crippen molar-refractivity contribution < 1.29 is 5.11 Å². The average Bonchev–Trinajstić information content (AvgIpc) is 2.15. The molecule has 1 heterocycles. The highest BCUT2D eigenvalue weighted by Crippen LogP contribution is 1.85. The first kappa shape index (κ1) is 6.22. The zero-order valence-electron chi connectivity index (χ0n) is 5.23. The minimum Gasteiger partial charge on any atom is -0.391 e. The second-order valence-electron chi connectivity index (χ2n) is 1.97. The van der Waals surface area contributed by atoms with Gasteiger partial charge >= 0.3 is 0 Å². The molecule has 0 aliphatic rings. The summed E-state index contributed by atoms with van der Waals surface area (Å²) in [7, 11) is 0. The molecule has 0 saturated carbocycles. The van der Waals surface area contributed by atoms with E-state index < -0.39 is 0 Å². The van der Waals surface area contributed by atoms with E-state index in [0.29, 0.717) is 6.54 Å². The molecule has 0 fully saturated rings. The van der Waals surface area contributed by atoms with Gasteiger partial charge in [-0.2, -0.15) is 5.10 Å². The Labute approximate surface area is 53.1 Å². The number of aliphatic hydroxyl groups is 1. The fourth-order valence-corrected chi connectivity index (χ4v) is 0.598. The molecule has 0 saturated heterocycles. The number of aliphatic hydroxyl groups excluding tert-OH is 1. The molecule has 9 heavy (non-hydrogen) atoms. The van der Waals surface area contributed by atoms with Crippen molar-refractivity contribution in [2.75, 3.05) is 0 Å². The van der Waals surface area contributed by atoms with Crippen LogP contribution in [0.1, 0.15) is 6.92 Å². The van der Waals surface area contributed by atoms with Gasteiger partial charge in [-0.3, -0.25) is 4.68 Å². The van der Waals surface area contributed by atoms with Crippen molar-refractivity contribution in [2.24, 2.45) is 0 Å².